The lowest BCUT2D eigenvalue weighted by molar-refractivity contribution is -0.124. The Morgan fingerprint density at radius 3 is 2.65 bits per heavy atom. The Morgan fingerprint density at radius 1 is 1.47 bits per heavy atom. The third kappa shape index (κ3) is 3.03. The van der Waals surface area contributed by atoms with Crippen LogP contribution in [0.2, 0.25) is 0 Å². The van der Waals surface area contributed by atoms with E-state index in [-0.39, 0.29) is 17.2 Å². The molecule has 1 amide bonds. The molecule has 5 nitrogen and oxygen atoms in total. The second-order valence-electron chi connectivity index (χ2n) is 4.42. The van der Waals surface area contributed by atoms with Gasteiger partial charge >= 0.3 is 5.97 Å². The summed E-state index contributed by atoms with van der Waals surface area (Å²) in [6.45, 7) is 5.51. The van der Waals surface area contributed by atoms with E-state index in [0.717, 1.165) is 0 Å². The summed E-state index contributed by atoms with van der Waals surface area (Å²) in [7, 11) is 0. The molecule has 0 unspecified atom stereocenters. The molecule has 2 N–H and O–H groups in total. The van der Waals surface area contributed by atoms with Crippen molar-refractivity contribution < 1.29 is 14.7 Å². The number of pyridine rings is 1. The number of rotatable bonds is 4. The van der Waals surface area contributed by atoms with Crippen molar-refractivity contribution >= 4 is 17.6 Å². The predicted octanol–water partition coefficient (Wildman–Crippen LogP) is 2.15. The minimum Gasteiger partial charge on any atom is -0.478 e. The van der Waals surface area contributed by atoms with Crippen LogP contribution >= 0.6 is 0 Å². The van der Waals surface area contributed by atoms with Gasteiger partial charge in [-0.2, -0.15) is 0 Å². The number of hydrogen-bond donors (Lipinski definition) is 2. The lowest BCUT2D eigenvalue weighted by Crippen LogP contribution is -2.30. The van der Waals surface area contributed by atoms with Gasteiger partial charge in [-0.1, -0.05) is 20.8 Å². The Kier molecular flexibility index (Phi) is 3.83. The van der Waals surface area contributed by atoms with E-state index < -0.39 is 11.4 Å². The second-order valence-corrected chi connectivity index (χ2v) is 4.42. The van der Waals surface area contributed by atoms with Crippen LogP contribution in [0.5, 0.6) is 0 Å². The summed E-state index contributed by atoms with van der Waals surface area (Å²) >= 11 is 0. The molecule has 92 valence electrons. The SMILES string of the molecule is CCC(C)(C)C(=O)Nc1cnccc1C(=O)O. The van der Waals surface area contributed by atoms with E-state index in [9.17, 15) is 9.59 Å². The summed E-state index contributed by atoms with van der Waals surface area (Å²) in [4.78, 5) is 26.7. The lowest BCUT2D eigenvalue weighted by Gasteiger charge is -2.21. The Hall–Kier alpha value is -1.91. The molecule has 1 aromatic rings. The maximum atomic E-state index is 11.9. The number of carboxylic acid groups (broad SMARTS) is 1. The molecule has 0 radical (unpaired) electrons. The molecular formula is C12H16N2O3. The van der Waals surface area contributed by atoms with Gasteiger partial charge < -0.3 is 10.4 Å². The van der Waals surface area contributed by atoms with Gasteiger partial charge in [-0.05, 0) is 12.5 Å². The zero-order valence-electron chi connectivity index (χ0n) is 10.2. The van der Waals surface area contributed by atoms with E-state index in [1.165, 1.54) is 18.5 Å². The molecule has 0 aliphatic heterocycles. The van der Waals surface area contributed by atoms with Crippen LogP contribution in [-0.4, -0.2) is 22.0 Å². The Morgan fingerprint density at radius 2 is 2.12 bits per heavy atom. The third-order valence-corrected chi connectivity index (χ3v) is 2.80. The molecule has 0 spiro atoms. The zero-order chi connectivity index (χ0) is 13.1. The molecule has 5 heteroatoms. The van der Waals surface area contributed by atoms with Crippen molar-refractivity contribution in [1.29, 1.82) is 0 Å². The minimum atomic E-state index is -1.09. The smallest absolute Gasteiger partial charge is 0.337 e. The fourth-order valence-corrected chi connectivity index (χ4v) is 1.13. The minimum absolute atomic E-state index is 0.0419. The molecule has 0 aromatic carbocycles. The summed E-state index contributed by atoms with van der Waals surface area (Å²) in [6.07, 6.45) is 3.39. The number of nitrogens with one attached hydrogen (secondary N) is 1. The van der Waals surface area contributed by atoms with Crippen LogP contribution in [0.25, 0.3) is 0 Å². The quantitative estimate of drug-likeness (QED) is 0.839. The number of anilines is 1. The molecule has 0 atom stereocenters. The molecule has 1 heterocycles. The first-order valence-corrected chi connectivity index (χ1v) is 5.37. The van der Waals surface area contributed by atoms with Crippen molar-refractivity contribution in [2.75, 3.05) is 5.32 Å². The van der Waals surface area contributed by atoms with E-state index in [4.69, 9.17) is 5.11 Å². The van der Waals surface area contributed by atoms with Gasteiger partial charge in [0.1, 0.15) is 0 Å². The van der Waals surface area contributed by atoms with Crippen molar-refractivity contribution in [2.24, 2.45) is 5.41 Å². The molecule has 0 aliphatic carbocycles. The Labute approximate surface area is 99.9 Å². The zero-order valence-corrected chi connectivity index (χ0v) is 10.2. The van der Waals surface area contributed by atoms with Crippen molar-refractivity contribution in [3.8, 4) is 0 Å². The lowest BCUT2D eigenvalue weighted by atomic mass is 9.89. The van der Waals surface area contributed by atoms with Gasteiger partial charge in [0.25, 0.3) is 0 Å². The number of carbonyl (C=O) groups excluding carboxylic acids is 1. The predicted molar refractivity (Wildman–Crippen MR) is 63.9 cm³/mol. The van der Waals surface area contributed by atoms with Gasteiger partial charge in [-0.25, -0.2) is 4.79 Å². The molecule has 0 fully saturated rings. The van der Waals surface area contributed by atoms with Crippen LogP contribution < -0.4 is 5.32 Å². The first-order valence-electron chi connectivity index (χ1n) is 5.37. The number of aromatic carboxylic acids is 1. The van der Waals surface area contributed by atoms with Gasteiger partial charge in [-0.3, -0.25) is 9.78 Å². The van der Waals surface area contributed by atoms with Crippen LogP contribution in [0.1, 0.15) is 37.6 Å². The monoisotopic (exact) mass is 236 g/mol. The first-order chi connectivity index (χ1) is 7.88. The average molecular weight is 236 g/mol. The highest BCUT2D eigenvalue weighted by Gasteiger charge is 2.26. The van der Waals surface area contributed by atoms with Crippen LogP contribution in [0, 0.1) is 5.41 Å². The van der Waals surface area contributed by atoms with Crippen LogP contribution in [0.4, 0.5) is 5.69 Å². The molecule has 0 saturated carbocycles. The topological polar surface area (TPSA) is 79.3 Å². The van der Waals surface area contributed by atoms with Gasteiger partial charge in [0.05, 0.1) is 17.4 Å². The standard InChI is InChI=1S/C12H16N2O3/c1-4-12(2,3)11(17)14-9-7-13-6-5-8(9)10(15)16/h5-7H,4H2,1-3H3,(H,14,17)(H,15,16). The number of carboxylic acids is 1. The average Bonchev–Trinajstić information content (AvgIpc) is 2.29. The van der Waals surface area contributed by atoms with E-state index >= 15 is 0 Å². The summed E-state index contributed by atoms with van der Waals surface area (Å²) in [5.41, 5.74) is -0.266. The maximum absolute atomic E-state index is 11.9. The van der Waals surface area contributed by atoms with Gasteiger partial charge in [0.2, 0.25) is 5.91 Å². The summed E-state index contributed by atoms with van der Waals surface area (Å²) in [6, 6.07) is 1.36. The number of amides is 1. The normalized spacial score (nSPS) is 11.0. The first kappa shape index (κ1) is 13.2. The molecule has 0 bridgehead atoms. The van der Waals surface area contributed by atoms with Gasteiger partial charge in [0, 0.05) is 11.6 Å². The van der Waals surface area contributed by atoms with Crippen molar-refractivity contribution in [3.05, 3.63) is 24.0 Å². The van der Waals surface area contributed by atoms with Crippen LogP contribution in [0.3, 0.4) is 0 Å². The van der Waals surface area contributed by atoms with Crippen molar-refractivity contribution in [3.63, 3.8) is 0 Å². The molecule has 0 aliphatic rings. The van der Waals surface area contributed by atoms with Gasteiger partial charge in [0.15, 0.2) is 0 Å². The highest BCUT2D eigenvalue weighted by Crippen LogP contribution is 2.23. The number of nitrogens with zero attached hydrogens (tertiary/aromatic N) is 1. The van der Waals surface area contributed by atoms with E-state index in [0.29, 0.717) is 6.42 Å². The molecule has 17 heavy (non-hydrogen) atoms. The Bertz CT molecular complexity index is 441. The maximum Gasteiger partial charge on any atom is 0.337 e. The molecule has 1 aromatic heterocycles. The van der Waals surface area contributed by atoms with E-state index in [2.05, 4.69) is 10.3 Å². The van der Waals surface area contributed by atoms with E-state index in [1.54, 1.807) is 13.8 Å². The summed E-state index contributed by atoms with van der Waals surface area (Å²) in [5.74, 6) is -1.30. The number of hydrogen-bond acceptors (Lipinski definition) is 3. The molecule has 1 rings (SSSR count). The van der Waals surface area contributed by atoms with E-state index in [1.807, 2.05) is 6.92 Å². The fourth-order valence-electron chi connectivity index (χ4n) is 1.13. The van der Waals surface area contributed by atoms with Crippen LogP contribution in [-0.2, 0) is 4.79 Å². The highest BCUT2D eigenvalue weighted by atomic mass is 16.4. The van der Waals surface area contributed by atoms with Crippen LogP contribution in [0.15, 0.2) is 18.5 Å². The third-order valence-electron chi connectivity index (χ3n) is 2.80. The summed E-state index contributed by atoms with van der Waals surface area (Å²) < 4.78 is 0. The van der Waals surface area contributed by atoms with Gasteiger partial charge in [-0.15, -0.1) is 0 Å². The highest BCUT2D eigenvalue weighted by molar-refractivity contribution is 6.01. The van der Waals surface area contributed by atoms with Crippen molar-refractivity contribution in [1.82, 2.24) is 4.98 Å². The largest absolute Gasteiger partial charge is 0.478 e. The number of carbonyl (C=O) groups is 2. The molecule has 0 saturated heterocycles. The Balaban J connectivity index is 2.97. The molecular weight excluding hydrogens is 220 g/mol. The number of aromatic nitrogens is 1. The summed E-state index contributed by atoms with van der Waals surface area (Å²) in [5, 5.41) is 11.6. The van der Waals surface area contributed by atoms with Crippen molar-refractivity contribution in [2.45, 2.75) is 27.2 Å². The second kappa shape index (κ2) is 4.95. The fraction of sp³-hybridized carbons (Fsp3) is 0.417.